The number of amides is 1. The van der Waals surface area contributed by atoms with Gasteiger partial charge >= 0.3 is 18.0 Å². The Morgan fingerprint density at radius 2 is 1.55 bits per heavy atom. The van der Waals surface area contributed by atoms with Gasteiger partial charge < -0.3 is 10.0 Å². The number of aliphatic hydroxyl groups is 1. The number of benzene rings is 2. The van der Waals surface area contributed by atoms with Crippen molar-refractivity contribution in [1.82, 2.24) is 4.90 Å². The average Bonchev–Trinajstić information content (AvgIpc) is 3.26. The number of aryl methyl sites for hydroxylation is 1. The third kappa shape index (κ3) is 4.02. The first-order valence-corrected chi connectivity index (χ1v) is 15.0. The fourth-order valence-corrected chi connectivity index (χ4v) is 9.02. The molecule has 2 aliphatic carbocycles. The number of carbonyl (C=O) groups is 1. The smallest absolute Gasteiger partial charge is 0.380 e. The lowest BCUT2D eigenvalue weighted by molar-refractivity contribution is -0.348. The van der Waals surface area contributed by atoms with Crippen molar-refractivity contribution < 1.29 is 49.1 Å². The Kier molecular flexibility index (Phi) is 6.86. The molecular weight excluding hydrogens is 682 g/mol. The van der Waals surface area contributed by atoms with Gasteiger partial charge in [0.1, 0.15) is 10.3 Å². The zero-order chi connectivity index (χ0) is 29.5. The maximum absolute atomic E-state index is 14.9. The predicted octanol–water partition coefficient (Wildman–Crippen LogP) is 5.71. The zero-order valence-electron chi connectivity index (χ0n) is 20.6. The molecule has 40 heavy (non-hydrogen) atoms. The normalized spacial score (nSPS) is 24.7. The molecule has 1 aliphatic heterocycles. The van der Waals surface area contributed by atoms with E-state index >= 15 is 0 Å². The lowest BCUT2D eigenvalue weighted by atomic mass is 9.75. The molecule has 5 rings (SSSR count). The van der Waals surface area contributed by atoms with Crippen LogP contribution in [0.2, 0.25) is 0 Å². The number of hydrogen-bond donors (Lipinski definition) is 1. The Balaban J connectivity index is 1.70. The molecule has 0 aromatic heterocycles. The fraction of sp³-hybridized carbons (Fsp3) is 0.500. The van der Waals surface area contributed by atoms with E-state index in [1.54, 1.807) is 0 Å². The van der Waals surface area contributed by atoms with Gasteiger partial charge in [-0.25, -0.2) is 12.8 Å². The van der Waals surface area contributed by atoms with E-state index in [-0.39, 0.29) is 54.7 Å². The highest BCUT2D eigenvalue weighted by molar-refractivity contribution is 14.1. The Labute approximate surface area is 238 Å². The molecule has 1 saturated heterocycles. The zero-order valence-corrected chi connectivity index (χ0v) is 23.6. The lowest BCUT2D eigenvalue weighted by Gasteiger charge is -2.45. The minimum atomic E-state index is -6.32. The van der Waals surface area contributed by atoms with E-state index in [1.165, 1.54) is 29.2 Å². The Morgan fingerprint density at radius 1 is 0.950 bits per heavy atom. The van der Waals surface area contributed by atoms with E-state index in [0.29, 0.717) is 22.1 Å². The van der Waals surface area contributed by atoms with E-state index in [0.717, 1.165) is 6.07 Å². The maximum atomic E-state index is 14.9. The number of carbonyl (C=O) groups excluding carboxylic acids is 1. The molecule has 0 bridgehead atoms. The second-order valence-electron chi connectivity index (χ2n) is 10.6. The Bertz CT molecular complexity index is 1440. The molecule has 1 N–H and O–H groups in total. The van der Waals surface area contributed by atoms with Gasteiger partial charge in [0, 0.05) is 15.7 Å². The van der Waals surface area contributed by atoms with E-state index in [2.05, 4.69) is 0 Å². The van der Waals surface area contributed by atoms with Crippen LogP contribution in [0.15, 0.2) is 47.4 Å². The standard InChI is InChI=1S/C26H23F7INO4S/c27-24(25(28,29)30,26(31,32)33)16-3-8-19-15(14-16)2-9-20-23(19,40(38,39)18-6-4-17(34)5-7-18)12-13-35(20)21(36)22(37)10-1-11-22/h3-8,14,20,37H,1-2,9-13H2/t20-,23-/m1/s1. The van der Waals surface area contributed by atoms with Gasteiger partial charge in [0.2, 0.25) is 0 Å². The number of fused-ring (bicyclic) bond motifs is 3. The number of hydrogen-bond acceptors (Lipinski definition) is 4. The summed E-state index contributed by atoms with van der Waals surface area (Å²) in [4.78, 5) is 14.5. The van der Waals surface area contributed by atoms with Gasteiger partial charge in [-0.15, -0.1) is 0 Å². The van der Waals surface area contributed by atoms with Crippen LogP contribution in [0.3, 0.4) is 0 Å². The van der Waals surface area contributed by atoms with Crippen molar-refractivity contribution in [3.8, 4) is 0 Å². The summed E-state index contributed by atoms with van der Waals surface area (Å²) in [6.07, 6.45) is -12.2. The molecule has 0 unspecified atom stereocenters. The number of likely N-dealkylation sites (tertiary alicyclic amines) is 1. The molecule has 0 radical (unpaired) electrons. The first-order chi connectivity index (χ1) is 18.4. The second-order valence-corrected chi connectivity index (χ2v) is 14.0. The van der Waals surface area contributed by atoms with Crippen LogP contribution >= 0.6 is 22.6 Å². The molecule has 1 saturated carbocycles. The van der Waals surface area contributed by atoms with Gasteiger partial charge in [0.05, 0.1) is 10.9 Å². The molecule has 14 heteroatoms. The number of sulfone groups is 1. The molecule has 2 fully saturated rings. The van der Waals surface area contributed by atoms with Crippen molar-refractivity contribution in [3.63, 3.8) is 0 Å². The lowest BCUT2D eigenvalue weighted by Crippen LogP contribution is -2.58. The maximum Gasteiger partial charge on any atom is 0.435 e. The molecule has 1 amide bonds. The summed E-state index contributed by atoms with van der Waals surface area (Å²) >= 11 is 1.97. The van der Waals surface area contributed by atoms with E-state index in [4.69, 9.17) is 0 Å². The summed E-state index contributed by atoms with van der Waals surface area (Å²) in [5, 5.41) is 10.7. The van der Waals surface area contributed by atoms with Crippen molar-refractivity contribution >= 4 is 38.3 Å². The van der Waals surface area contributed by atoms with Gasteiger partial charge in [-0.1, -0.05) is 18.2 Å². The van der Waals surface area contributed by atoms with Crippen molar-refractivity contribution in [2.75, 3.05) is 6.54 Å². The van der Waals surface area contributed by atoms with Crippen LogP contribution in [-0.2, 0) is 31.5 Å². The largest absolute Gasteiger partial charge is 0.435 e. The van der Waals surface area contributed by atoms with Gasteiger partial charge in [-0.2, -0.15) is 26.3 Å². The van der Waals surface area contributed by atoms with Crippen LogP contribution < -0.4 is 0 Å². The second kappa shape index (κ2) is 9.28. The molecule has 3 aliphatic rings. The van der Waals surface area contributed by atoms with E-state index in [9.17, 15) is 49.1 Å². The summed E-state index contributed by atoms with van der Waals surface area (Å²) in [6, 6.07) is 6.30. The summed E-state index contributed by atoms with van der Waals surface area (Å²) in [6.45, 7) is -0.102. The molecule has 0 spiro atoms. The van der Waals surface area contributed by atoms with Gasteiger partial charge in [0.25, 0.3) is 5.91 Å². The molecule has 5 nitrogen and oxygen atoms in total. The Hall–Kier alpha value is -1.94. The third-order valence-corrected chi connectivity index (χ3v) is 11.8. The van der Waals surface area contributed by atoms with Crippen LogP contribution in [0.5, 0.6) is 0 Å². The number of alkyl halides is 7. The van der Waals surface area contributed by atoms with Crippen molar-refractivity contribution in [3.05, 3.63) is 62.7 Å². The van der Waals surface area contributed by atoms with Crippen LogP contribution in [0.1, 0.15) is 48.8 Å². The van der Waals surface area contributed by atoms with E-state index < -0.39 is 55.7 Å². The molecule has 2 atom stereocenters. The monoisotopic (exact) mass is 705 g/mol. The summed E-state index contributed by atoms with van der Waals surface area (Å²) in [5.74, 6) is -0.652. The highest BCUT2D eigenvalue weighted by Crippen LogP contribution is 2.57. The number of rotatable bonds is 4. The molecular formula is C26H23F7INO4S. The molecule has 2 aromatic carbocycles. The van der Waals surface area contributed by atoms with E-state index in [1.807, 2.05) is 22.6 Å². The highest BCUT2D eigenvalue weighted by Gasteiger charge is 2.74. The van der Waals surface area contributed by atoms with Crippen LogP contribution in [0.4, 0.5) is 30.7 Å². The molecule has 2 aromatic rings. The summed E-state index contributed by atoms with van der Waals surface area (Å²) in [7, 11) is -4.41. The minimum absolute atomic E-state index is 0.0753. The first kappa shape index (κ1) is 29.5. The molecule has 218 valence electrons. The third-order valence-electron chi connectivity index (χ3n) is 8.51. The highest BCUT2D eigenvalue weighted by atomic mass is 127. The fourth-order valence-electron chi connectivity index (χ4n) is 6.29. The topological polar surface area (TPSA) is 74.7 Å². The van der Waals surface area contributed by atoms with Crippen molar-refractivity contribution in [2.45, 2.75) is 77.8 Å². The van der Waals surface area contributed by atoms with Crippen LogP contribution in [0.25, 0.3) is 0 Å². The Morgan fingerprint density at radius 3 is 2.08 bits per heavy atom. The average molecular weight is 705 g/mol. The SMILES string of the molecule is O=C(N1CC[C@@]2(S(=O)(=O)c3ccc(I)cc3)c3ccc(C(F)(C(F)(F)F)C(F)(F)F)cc3CC[C@@H]12)C1(O)CCC1. The van der Waals surface area contributed by atoms with Crippen molar-refractivity contribution in [1.29, 1.82) is 0 Å². The van der Waals surface area contributed by atoms with Gasteiger partial charge in [-0.3, -0.25) is 4.79 Å². The minimum Gasteiger partial charge on any atom is -0.380 e. The van der Waals surface area contributed by atoms with Crippen LogP contribution in [-0.4, -0.2) is 54.9 Å². The summed E-state index contributed by atoms with van der Waals surface area (Å²) < 4.78 is 123. The quantitative estimate of drug-likeness (QED) is 0.327. The molecule has 1 heterocycles. The number of halogens is 8. The first-order valence-electron chi connectivity index (χ1n) is 12.4. The van der Waals surface area contributed by atoms with Crippen molar-refractivity contribution in [2.24, 2.45) is 0 Å². The van der Waals surface area contributed by atoms with Gasteiger partial charge in [0.15, 0.2) is 9.84 Å². The van der Waals surface area contributed by atoms with Crippen LogP contribution in [0, 0.1) is 3.57 Å². The number of nitrogens with zero attached hydrogens (tertiary/aromatic N) is 1. The predicted molar refractivity (Wildman–Crippen MR) is 137 cm³/mol. The van der Waals surface area contributed by atoms with Gasteiger partial charge in [-0.05, 0) is 96.5 Å². The summed E-state index contributed by atoms with van der Waals surface area (Å²) in [5.41, 5.74) is -9.26.